The molecule has 2 fully saturated rings. The SMILES string of the molecule is O=C(O)C1CCCC1c1nncn1C1CCCC1. The van der Waals surface area contributed by atoms with E-state index in [9.17, 15) is 9.90 Å². The lowest BCUT2D eigenvalue weighted by Gasteiger charge is -2.19. The van der Waals surface area contributed by atoms with Crippen molar-refractivity contribution in [2.45, 2.75) is 56.9 Å². The molecular weight excluding hydrogens is 230 g/mol. The van der Waals surface area contributed by atoms with E-state index in [1.165, 1.54) is 25.7 Å². The van der Waals surface area contributed by atoms with Gasteiger partial charge in [-0.05, 0) is 25.7 Å². The average molecular weight is 249 g/mol. The summed E-state index contributed by atoms with van der Waals surface area (Å²) < 4.78 is 2.15. The van der Waals surface area contributed by atoms with Crippen molar-refractivity contribution in [3.63, 3.8) is 0 Å². The normalized spacial score (nSPS) is 28.9. The largest absolute Gasteiger partial charge is 0.481 e. The molecule has 2 atom stereocenters. The minimum atomic E-state index is -0.682. The zero-order valence-electron chi connectivity index (χ0n) is 10.5. The minimum Gasteiger partial charge on any atom is -0.481 e. The highest BCUT2D eigenvalue weighted by Gasteiger charge is 2.37. The Morgan fingerprint density at radius 3 is 2.72 bits per heavy atom. The van der Waals surface area contributed by atoms with Crippen molar-refractivity contribution in [2.24, 2.45) is 5.92 Å². The van der Waals surface area contributed by atoms with E-state index in [0.717, 1.165) is 25.1 Å². The van der Waals surface area contributed by atoms with Gasteiger partial charge in [0, 0.05) is 12.0 Å². The van der Waals surface area contributed by atoms with Gasteiger partial charge in [-0.3, -0.25) is 4.79 Å². The highest BCUT2D eigenvalue weighted by atomic mass is 16.4. The van der Waals surface area contributed by atoms with Gasteiger partial charge in [0.1, 0.15) is 12.2 Å². The molecule has 0 aromatic carbocycles. The minimum absolute atomic E-state index is 0.0607. The first-order valence-corrected chi connectivity index (χ1v) is 6.89. The lowest BCUT2D eigenvalue weighted by Crippen LogP contribution is -2.21. The topological polar surface area (TPSA) is 68.0 Å². The Morgan fingerprint density at radius 1 is 1.22 bits per heavy atom. The van der Waals surface area contributed by atoms with Gasteiger partial charge in [-0.2, -0.15) is 0 Å². The fourth-order valence-corrected chi connectivity index (χ4v) is 3.55. The van der Waals surface area contributed by atoms with Gasteiger partial charge < -0.3 is 9.67 Å². The van der Waals surface area contributed by atoms with Crippen LogP contribution in [-0.4, -0.2) is 25.8 Å². The Labute approximate surface area is 106 Å². The van der Waals surface area contributed by atoms with Gasteiger partial charge >= 0.3 is 5.97 Å². The van der Waals surface area contributed by atoms with Crippen molar-refractivity contribution >= 4 is 5.97 Å². The van der Waals surface area contributed by atoms with Crippen LogP contribution < -0.4 is 0 Å². The number of carboxylic acid groups (broad SMARTS) is 1. The van der Waals surface area contributed by atoms with Crippen LogP contribution in [0.4, 0.5) is 0 Å². The van der Waals surface area contributed by atoms with Crippen LogP contribution in [0.5, 0.6) is 0 Å². The quantitative estimate of drug-likeness (QED) is 0.892. The summed E-state index contributed by atoms with van der Waals surface area (Å²) in [5, 5.41) is 17.5. The van der Waals surface area contributed by atoms with Gasteiger partial charge in [-0.1, -0.05) is 19.3 Å². The third-order valence-electron chi connectivity index (χ3n) is 4.48. The van der Waals surface area contributed by atoms with Crippen molar-refractivity contribution in [1.82, 2.24) is 14.8 Å². The molecule has 98 valence electrons. The maximum absolute atomic E-state index is 11.3. The van der Waals surface area contributed by atoms with Gasteiger partial charge in [-0.25, -0.2) is 0 Å². The molecule has 2 aliphatic carbocycles. The first-order chi connectivity index (χ1) is 8.77. The molecular formula is C13H19N3O2. The molecule has 0 aliphatic heterocycles. The Hall–Kier alpha value is -1.39. The van der Waals surface area contributed by atoms with E-state index in [4.69, 9.17) is 0 Å². The van der Waals surface area contributed by atoms with Crippen LogP contribution in [0, 0.1) is 5.92 Å². The molecule has 18 heavy (non-hydrogen) atoms. The van der Waals surface area contributed by atoms with Crippen LogP contribution in [0.2, 0.25) is 0 Å². The smallest absolute Gasteiger partial charge is 0.307 e. The van der Waals surface area contributed by atoms with E-state index in [1.54, 1.807) is 6.33 Å². The van der Waals surface area contributed by atoms with Crippen LogP contribution >= 0.6 is 0 Å². The Balaban J connectivity index is 1.87. The summed E-state index contributed by atoms with van der Waals surface area (Å²) in [5.74, 6) is 0.0187. The summed E-state index contributed by atoms with van der Waals surface area (Å²) >= 11 is 0. The van der Waals surface area contributed by atoms with Crippen molar-refractivity contribution in [2.75, 3.05) is 0 Å². The van der Waals surface area contributed by atoms with Crippen LogP contribution in [-0.2, 0) is 4.79 Å². The summed E-state index contributed by atoms with van der Waals surface area (Å²) in [6.07, 6.45) is 9.36. The molecule has 3 rings (SSSR count). The van der Waals surface area contributed by atoms with Crippen LogP contribution in [0.3, 0.4) is 0 Å². The van der Waals surface area contributed by atoms with Crippen LogP contribution in [0.15, 0.2) is 6.33 Å². The number of hydrogen-bond acceptors (Lipinski definition) is 3. The second-order valence-electron chi connectivity index (χ2n) is 5.52. The van der Waals surface area contributed by atoms with Crippen molar-refractivity contribution < 1.29 is 9.90 Å². The number of nitrogens with zero attached hydrogens (tertiary/aromatic N) is 3. The highest BCUT2D eigenvalue weighted by Crippen LogP contribution is 2.41. The first kappa shape index (κ1) is 11.7. The molecule has 1 N–H and O–H groups in total. The van der Waals surface area contributed by atoms with E-state index >= 15 is 0 Å². The van der Waals surface area contributed by atoms with Gasteiger partial charge in [0.15, 0.2) is 0 Å². The summed E-state index contributed by atoms with van der Waals surface area (Å²) in [7, 11) is 0. The maximum atomic E-state index is 11.3. The Bertz CT molecular complexity index is 437. The van der Waals surface area contributed by atoms with E-state index < -0.39 is 5.97 Å². The lowest BCUT2D eigenvalue weighted by atomic mass is 9.95. The van der Waals surface area contributed by atoms with Gasteiger partial charge in [0.25, 0.3) is 0 Å². The number of hydrogen-bond donors (Lipinski definition) is 1. The van der Waals surface area contributed by atoms with Gasteiger partial charge in [0.05, 0.1) is 5.92 Å². The average Bonchev–Trinajstić information content (AvgIpc) is 3.10. The number of rotatable bonds is 3. The zero-order valence-corrected chi connectivity index (χ0v) is 10.5. The molecule has 0 saturated heterocycles. The summed E-state index contributed by atoms with van der Waals surface area (Å²) in [6.45, 7) is 0. The molecule has 2 unspecified atom stereocenters. The molecule has 0 bridgehead atoms. The number of aromatic nitrogens is 3. The van der Waals surface area contributed by atoms with E-state index in [2.05, 4.69) is 14.8 Å². The predicted molar refractivity (Wildman–Crippen MR) is 65.2 cm³/mol. The third kappa shape index (κ3) is 1.91. The second-order valence-corrected chi connectivity index (χ2v) is 5.52. The monoisotopic (exact) mass is 249 g/mol. The van der Waals surface area contributed by atoms with Crippen molar-refractivity contribution in [3.8, 4) is 0 Å². The first-order valence-electron chi connectivity index (χ1n) is 6.89. The number of aliphatic carboxylic acids is 1. The lowest BCUT2D eigenvalue weighted by molar-refractivity contribution is -0.142. The fourth-order valence-electron chi connectivity index (χ4n) is 3.55. The predicted octanol–water partition coefficient (Wildman–Crippen LogP) is 2.36. The van der Waals surface area contributed by atoms with E-state index in [1.807, 2.05) is 0 Å². The number of carbonyl (C=O) groups is 1. The molecule has 0 amide bonds. The molecule has 0 spiro atoms. The third-order valence-corrected chi connectivity index (χ3v) is 4.48. The fraction of sp³-hybridized carbons (Fsp3) is 0.769. The second kappa shape index (κ2) is 4.71. The highest BCUT2D eigenvalue weighted by molar-refractivity contribution is 5.71. The Kier molecular flexibility index (Phi) is 3.06. The zero-order chi connectivity index (χ0) is 12.5. The summed E-state index contributed by atoms with van der Waals surface area (Å²) in [6, 6.07) is 0.491. The molecule has 2 saturated carbocycles. The molecule has 1 heterocycles. The summed E-state index contributed by atoms with van der Waals surface area (Å²) in [5.41, 5.74) is 0. The maximum Gasteiger partial charge on any atom is 0.307 e. The van der Waals surface area contributed by atoms with Crippen LogP contribution in [0.25, 0.3) is 0 Å². The van der Waals surface area contributed by atoms with Gasteiger partial charge in [-0.15, -0.1) is 10.2 Å². The molecule has 0 radical (unpaired) electrons. The van der Waals surface area contributed by atoms with Crippen LogP contribution in [0.1, 0.15) is 62.7 Å². The van der Waals surface area contributed by atoms with E-state index in [-0.39, 0.29) is 11.8 Å². The van der Waals surface area contributed by atoms with Crippen molar-refractivity contribution in [3.05, 3.63) is 12.2 Å². The molecule has 1 aromatic rings. The van der Waals surface area contributed by atoms with Crippen molar-refractivity contribution in [1.29, 1.82) is 0 Å². The van der Waals surface area contributed by atoms with Gasteiger partial charge in [0.2, 0.25) is 0 Å². The molecule has 2 aliphatic rings. The standard InChI is InChI=1S/C13H19N3O2/c17-13(18)11-7-3-6-10(11)12-15-14-8-16(12)9-4-1-2-5-9/h8-11H,1-7H2,(H,17,18). The molecule has 5 nitrogen and oxygen atoms in total. The Morgan fingerprint density at radius 2 is 2.00 bits per heavy atom. The summed E-state index contributed by atoms with van der Waals surface area (Å²) in [4.78, 5) is 11.3. The van der Waals surface area contributed by atoms with E-state index in [0.29, 0.717) is 6.04 Å². The molecule has 5 heteroatoms. The number of carboxylic acids is 1. The molecule has 1 aromatic heterocycles.